The van der Waals surface area contributed by atoms with Gasteiger partial charge in [0.25, 0.3) is 0 Å². The molecule has 180 valence electrons. The van der Waals surface area contributed by atoms with Crippen LogP contribution in [0.2, 0.25) is 5.02 Å². The maximum absolute atomic E-state index is 13.5. The molecule has 2 amide bonds. The molecule has 0 heterocycles. The number of hydrogen-bond donors (Lipinski definition) is 1. The summed E-state index contributed by atoms with van der Waals surface area (Å²) in [4.78, 5) is 27.4. The van der Waals surface area contributed by atoms with Gasteiger partial charge >= 0.3 is 0 Å². The van der Waals surface area contributed by atoms with Gasteiger partial charge in [-0.2, -0.15) is 0 Å². The lowest BCUT2D eigenvalue weighted by Gasteiger charge is -2.32. The zero-order valence-corrected chi connectivity index (χ0v) is 20.8. The number of benzene rings is 2. The number of anilines is 1. The Morgan fingerprint density at radius 2 is 1.82 bits per heavy atom. The standard InChI is InChI=1S/C23H30ClN3O5S/c1-5-19(23(29)25-2)26(14-13-17-9-7-6-8-10-17)22(28)16-27(33(4,30)31)20-15-18(24)11-12-21(20)32-3/h6-12,15,19H,5,13-14,16H2,1-4H3,(H,25,29)/t19-/m0/s1. The van der Waals surface area contributed by atoms with E-state index in [1.165, 1.54) is 31.2 Å². The van der Waals surface area contributed by atoms with Crippen LogP contribution in [0.1, 0.15) is 18.9 Å². The predicted molar refractivity (Wildman–Crippen MR) is 130 cm³/mol. The number of carbonyl (C=O) groups is 2. The lowest BCUT2D eigenvalue weighted by atomic mass is 10.1. The Labute approximate surface area is 200 Å². The van der Waals surface area contributed by atoms with Crippen molar-refractivity contribution in [2.24, 2.45) is 0 Å². The average Bonchev–Trinajstić information content (AvgIpc) is 2.79. The van der Waals surface area contributed by atoms with Crippen molar-refractivity contribution in [3.8, 4) is 5.75 Å². The third kappa shape index (κ3) is 7.10. The lowest BCUT2D eigenvalue weighted by molar-refractivity contribution is -0.139. The summed E-state index contributed by atoms with van der Waals surface area (Å²) in [6, 6.07) is 13.3. The molecule has 10 heteroatoms. The number of ether oxygens (including phenoxy) is 1. The first-order valence-corrected chi connectivity index (χ1v) is 12.7. The number of likely N-dealkylation sites (N-methyl/N-ethyl adjacent to an activating group) is 1. The SMILES string of the molecule is CC[C@@H](C(=O)NC)N(CCc1ccccc1)C(=O)CN(c1cc(Cl)ccc1OC)S(C)(=O)=O. The topological polar surface area (TPSA) is 96.0 Å². The fraction of sp³-hybridized carbons (Fsp3) is 0.391. The van der Waals surface area contributed by atoms with E-state index in [0.29, 0.717) is 17.9 Å². The van der Waals surface area contributed by atoms with Crippen LogP contribution in [-0.2, 0) is 26.0 Å². The summed E-state index contributed by atoms with van der Waals surface area (Å²) in [5.74, 6) is -0.564. The van der Waals surface area contributed by atoms with Crippen molar-refractivity contribution in [1.82, 2.24) is 10.2 Å². The third-order valence-corrected chi connectivity index (χ3v) is 6.57. The van der Waals surface area contributed by atoms with Gasteiger partial charge in [-0.3, -0.25) is 13.9 Å². The van der Waals surface area contributed by atoms with Gasteiger partial charge in [0.2, 0.25) is 21.8 Å². The molecule has 0 unspecified atom stereocenters. The second-order valence-corrected chi connectivity index (χ2v) is 9.79. The van der Waals surface area contributed by atoms with Crippen LogP contribution in [0.4, 0.5) is 5.69 Å². The zero-order valence-electron chi connectivity index (χ0n) is 19.2. The molecule has 33 heavy (non-hydrogen) atoms. The highest BCUT2D eigenvalue weighted by atomic mass is 35.5. The first-order chi connectivity index (χ1) is 15.6. The maximum atomic E-state index is 13.5. The first kappa shape index (κ1) is 26.5. The molecule has 2 rings (SSSR count). The molecule has 1 N–H and O–H groups in total. The van der Waals surface area contributed by atoms with E-state index in [4.69, 9.17) is 16.3 Å². The predicted octanol–water partition coefficient (Wildman–Crippen LogP) is 2.71. The first-order valence-electron chi connectivity index (χ1n) is 10.5. The normalized spacial score (nSPS) is 12.0. The minimum atomic E-state index is -3.87. The Morgan fingerprint density at radius 1 is 1.15 bits per heavy atom. The molecule has 2 aromatic rings. The van der Waals surface area contributed by atoms with Crippen molar-refractivity contribution in [3.05, 3.63) is 59.1 Å². The molecule has 0 radical (unpaired) electrons. The quantitative estimate of drug-likeness (QED) is 0.517. The van der Waals surface area contributed by atoms with Crippen molar-refractivity contribution in [3.63, 3.8) is 0 Å². The maximum Gasteiger partial charge on any atom is 0.244 e. The molecule has 0 saturated heterocycles. The highest BCUT2D eigenvalue weighted by molar-refractivity contribution is 7.92. The number of sulfonamides is 1. The number of carbonyl (C=O) groups excluding carboxylic acids is 2. The van der Waals surface area contributed by atoms with Crippen LogP contribution >= 0.6 is 11.6 Å². The highest BCUT2D eigenvalue weighted by Crippen LogP contribution is 2.33. The number of halogens is 1. The minimum absolute atomic E-state index is 0.150. The van der Waals surface area contributed by atoms with Gasteiger partial charge in [0.15, 0.2) is 0 Å². The molecule has 0 spiro atoms. The molecule has 0 bridgehead atoms. The Bertz CT molecular complexity index is 1060. The van der Waals surface area contributed by atoms with Gasteiger partial charge < -0.3 is 15.0 Å². The molecule has 1 atom stereocenters. The Hall–Kier alpha value is -2.78. The van der Waals surface area contributed by atoms with Crippen molar-refractivity contribution in [2.75, 3.05) is 37.8 Å². The molecule has 0 saturated carbocycles. The second-order valence-electron chi connectivity index (χ2n) is 7.45. The molecule has 8 nitrogen and oxygen atoms in total. The van der Waals surface area contributed by atoms with Crippen LogP contribution in [0, 0.1) is 0 Å². The molecule has 0 aliphatic rings. The number of methoxy groups -OCH3 is 1. The largest absolute Gasteiger partial charge is 0.495 e. The summed E-state index contributed by atoms with van der Waals surface area (Å²) in [7, 11) is -0.967. The number of rotatable bonds is 11. The monoisotopic (exact) mass is 495 g/mol. The van der Waals surface area contributed by atoms with E-state index in [1.807, 2.05) is 30.3 Å². The molecule has 0 aliphatic carbocycles. The fourth-order valence-corrected chi connectivity index (χ4v) is 4.53. The molecule has 0 fully saturated rings. The summed E-state index contributed by atoms with van der Waals surface area (Å²) in [6.45, 7) is 1.55. The van der Waals surface area contributed by atoms with Crippen molar-refractivity contribution in [1.29, 1.82) is 0 Å². The van der Waals surface area contributed by atoms with Crippen molar-refractivity contribution in [2.45, 2.75) is 25.8 Å². The van der Waals surface area contributed by atoms with Crippen LogP contribution in [0.5, 0.6) is 5.75 Å². The molecular formula is C23H30ClN3O5S. The van der Waals surface area contributed by atoms with E-state index in [1.54, 1.807) is 13.0 Å². The van der Waals surface area contributed by atoms with E-state index in [-0.39, 0.29) is 23.9 Å². The van der Waals surface area contributed by atoms with Gasteiger partial charge in [-0.25, -0.2) is 8.42 Å². The number of nitrogens with one attached hydrogen (secondary N) is 1. The minimum Gasteiger partial charge on any atom is -0.495 e. The van der Waals surface area contributed by atoms with Crippen LogP contribution < -0.4 is 14.4 Å². The highest BCUT2D eigenvalue weighted by Gasteiger charge is 2.32. The van der Waals surface area contributed by atoms with Crippen molar-refractivity contribution < 1.29 is 22.7 Å². The van der Waals surface area contributed by atoms with Crippen LogP contribution in [0.3, 0.4) is 0 Å². The number of amides is 2. The summed E-state index contributed by atoms with van der Waals surface area (Å²) < 4.78 is 31.6. The van der Waals surface area contributed by atoms with Gasteiger partial charge in [-0.15, -0.1) is 0 Å². The van der Waals surface area contributed by atoms with Gasteiger partial charge in [-0.1, -0.05) is 48.9 Å². The van der Waals surface area contributed by atoms with Gasteiger partial charge in [0, 0.05) is 18.6 Å². The Morgan fingerprint density at radius 3 is 2.36 bits per heavy atom. The Kier molecular flexibility index (Phi) is 9.55. The smallest absolute Gasteiger partial charge is 0.244 e. The summed E-state index contributed by atoms with van der Waals surface area (Å²) in [5.41, 5.74) is 1.15. The van der Waals surface area contributed by atoms with Gasteiger partial charge in [-0.05, 0) is 36.6 Å². The Balaban J connectivity index is 2.41. The molecule has 0 aromatic heterocycles. The van der Waals surface area contributed by atoms with Crippen LogP contribution in [0.15, 0.2) is 48.5 Å². The summed E-state index contributed by atoms with van der Waals surface area (Å²) >= 11 is 6.09. The molecule has 2 aromatic carbocycles. The molecule has 0 aliphatic heterocycles. The third-order valence-electron chi connectivity index (χ3n) is 5.21. The fourth-order valence-electron chi connectivity index (χ4n) is 3.52. The van der Waals surface area contributed by atoms with E-state index >= 15 is 0 Å². The van der Waals surface area contributed by atoms with Crippen LogP contribution in [0.25, 0.3) is 0 Å². The van der Waals surface area contributed by atoms with E-state index in [9.17, 15) is 18.0 Å². The molecular weight excluding hydrogens is 466 g/mol. The van der Waals surface area contributed by atoms with Crippen molar-refractivity contribution >= 4 is 39.1 Å². The van der Waals surface area contributed by atoms with E-state index in [0.717, 1.165) is 16.1 Å². The van der Waals surface area contributed by atoms with Gasteiger partial charge in [0.05, 0.1) is 19.1 Å². The summed E-state index contributed by atoms with van der Waals surface area (Å²) in [6.07, 6.45) is 1.89. The number of nitrogens with zero attached hydrogens (tertiary/aromatic N) is 2. The summed E-state index contributed by atoms with van der Waals surface area (Å²) in [5, 5.41) is 2.88. The van der Waals surface area contributed by atoms with Gasteiger partial charge in [0.1, 0.15) is 18.3 Å². The van der Waals surface area contributed by atoms with E-state index < -0.39 is 28.5 Å². The average molecular weight is 496 g/mol. The van der Waals surface area contributed by atoms with Crippen LogP contribution in [-0.4, -0.2) is 64.7 Å². The second kappa shape index (κ2) is 11.9. The lowest BCUT2D eigenvalue weighted by Crippen LogP contribution is -2.52. The zero-order chi connectivity index (χ0) is 24.6. The van der Waals surface area contributed by atoms with E-state index in [2.05, 4.69) is 5.32 Å². The number of hydrogen-bond acceptors (Lipinski definition) is 5.